The number of benzene rings is 1. The van der Waals surface area contributed by atoms with Crippen molar-refractivity contribution in [3.05, 3.63) is 45.6 Å². The Morgan fingerprint density at radius 3 is 3.13 bits per heavy atom. The molecular formula is C11H11NO3. The Labute approximate surface area is 87.3 Å². The zero-order valence-corrected chi connectivity index (χ0v) is 8.18. The minimum absolute atomic E-state index is 0.470. The summed E-state index contributed by atoms with van der Waals surface area (Å²) in [6.45, 7) is 0.691. The molecule has 0 bridgehead atoms. The van der Waals surface area contributed by atoms with Gasteiger partial charge < -0.3 is 4.74 Å². The second-order valence-corrected chi connectivity index (χ2v) is 3.39. The van der Waals surface area contributed by atoms with Crippen LogP contribution in [0.25, 0.3) is 6.08 Å². The third-order valence-electron chi connectivity index (χ3n) is 2.34. The first-order valence-corrected chi connectivity index (χ1v) is 4.84. The van der Waals surface area contributed by atoms with Crippen LogP contribution in [0.1, 0.15) is 17.5 Å². The van der Waals surface area contributed by atoms with E-state index in [1.54, 1.807) is 0 Å². The van der Waals surface area contributed by atoms with E-state index in [9.17, 15) is 10.1 Å². The Morgan fingerprint density at radius 1 is 1.47 bits per heavy atom. The van der Waals surface area contributed by atoms with Gasteiger partial charge in [0.1, 0.15) is 5.75 Å². The number of ether oxygens (including phenoxy) is 1. The molecule has 4 heteroatoms. The largest absolute Gasteiger partial charge is 0.493 e. The number of nitrogens with zero attached hydrogens (tertiary/aromatic N) is 1. The van der Waals surface area contributed by atoms with Crippen LogP contribution in [0.2, 0.25) is 0 Å². The monoisotopic (exact) mass is 205 g/mol. The molecule has 15 heavy (non-hydrogen) atoms. The smallest absolute Gasteiger partial charge is 0.235 e. The van der Waals surface area contributed by atoms with Gasteiger partial charge in [-0.15, -0.1) is 0 Å². The molecule has 1 aliphatic rings. The Kier molecular flexibility index (Phi) is 2.67. The molecule has 0 atom stereocenters. The summed E-state index contributed by atoms with van der Waals surface area (Å²) in [7, 11) is 0. The van der Waals surface area contributed by atoms with Crippen LogP contribution in [0, 0.1) is 10.1 Å². The first-order chi connectivity index (χ1) is 7.27. The second-order valence-electron chi connectivity index (χ2n) is 3.39. The van der Waals surface area contributed by atoms with E-state index >= 15 is 0 Å². The highest BCUT2D eigenvalue weighted by atomic mass is 16.6. The molecule has 78 valence electrons. The summed E-state index contributed by atoms with van der Waals surface area (Å²) in [5.41, 5.74) is 1.91. The van der Waals surface area contributed by atoms with E-state index in [1.807, 2.05) is 18.2 Å². The fourth-order valence-corrected chi connectivity index (χ4v) is 1.69. The van der Waals surface area contributed by atoms with Crippen LogP contribution in [-0.2, 0) is 6.42 Å². The van der Waals surface area contributed by atoms with Crippen molar-refractivity contribution in [1.82, 2.24) is 0 Å². The highest BCUT2D eigenvalue weighted by Gasteiger charge is 2.12. The average molecular weight is 205 g/mol. The van der Waals surface area contributed by atoms with E-state index in [1.165, 1.54) is 6.08 Å². The molecule has 0 amide bonds. The first-order valence-electron chi connectivity index (χ1n) is 4.84. The Morgan fingerprint density at radius 2 is 2.33 bits per heavy atom. The van der Waals surface area contributed by atoms with Crippen molar-refractivity contribution in [1.29, 1.82) is 0 Å². The SMILES string of the molecule is O=[N+]([O-])C=Cc1cccc2c1OCCC2. The van der Waals surface area contributed by atoms with Gasteiger partial charge in [-0.05, 0) is 18.4 Å². The van der Waals surface area contributed by atoms with Crippen LogP contribution in [0.3, 0.4) is 0 Å². The molecule has 0 saturated heterocycles. The van der Waals surface area contributed by atoms with Gasteiger partial charge in [0.25, 0.3) is 0 Å². The lowest BCUT2D eigenvalue weighted by molar-refractivity contribution is -0.400. The molecule has 1 heterocycles. The van der Waals surface area contributed by atoms with Crippen LogP contribution in [0.4, 0.5) is 0 Å². The molecule has 0 saturated carbocycles. The zero-order valence-electron chi connectivity index (χ0n) is 8.18. The van der Waals surface area contributed by atoms with Crippen molar-refractivity contribution >= 4 is 6.08 Å². The molecule has 1 aliphatic heterocycles. The quantitative estimate of drug-likeness (QED) is 0.549. The lowest BCUT2D eigenvalue weighted by atomic mass is 10.0. The van der Waals surface area contributed by atoms with Crippen LogP contribution < -0.4 is 4.74 Å². The lowest BCUT2D eigenvalue weighted by Gasteiger charge is -2.18. The van der Waals surface area contributed by atoms with Gasteiger partial charge in [0.05, 0.1) is 11.5 Å². The van der Waals surface area contributed by atoms with Crippen LogP contribution in [-0.4, -0.2) is 11.5 Å². The van der Waals surface area contributed by atoms with Gasteiger partial charge in [-0.1, -0.05) is 18.2 Å². The van der Waals surface area contributed by atoms with E-state index in [2.05, 4.69) is 0 Å². The molecule has 2 rings (SSSR count). The maximum Gasteiger partial charge on any atom is 0.235 e. The molecule has 0 radical (unpaired) electrons. The van der Waals surface area contributed by atoms with Crippen LogP contribution in [0.5, 0.6) is 5.75 Å². The number of rotatable bonds is 2. The van der Waals surface area contributed by atoms with E-state index in [0.29, 0.717) is 6.61 Å². The van der Waals surface area contributed by atoms with Gasteiger partial charge in [0.2, 0.25) is 6.20 Å². The van der Waals surface area contributed by atoms with Crippen molar-refractivity contribution in [2.24, 2.45) is 0 Å². The van der Waals surface area contributed by atoms with E-state index < -0.39 is 4.92 Å². The standard InChI is InChI=1S/C11H11NO3/c13-12(14)7-6-10-4-1-3-9-5-2-8-15-11(9)10/h1,3-4,6-7H,2,5,8H2. The summed E-state index contributed by atoms with van der Waals surface area (Å²) in [4.78, 5) is 9.75. The molecular weight excluding hydrogens is 194 g/mol. The summed E-state index contributed by atoms with van der Waals surface area (Å²) >= 11 is 0. The van der Waals surface area contributed by atoms with Gasteiger partial charge in [0.15, 0.2) is 0 Å². The van der Waals surface area contributed by atoms with Crippen LogP contribution >= 0.6 is 0 Å². The first kappa shape index (κ1) is 9.71. The summed E-state index contributed by atoms with van der Waals surface area (Å²) in [6.07, 6.45) is 4.41. The predicted molar refractivity (Wildman–Crippen MR) is 56.3 cm³/mol. The summed E-state index contributed by atoms with van der Waals surface area (Å²) < 4.78 is 5.51. The maximum absolute atomic E-state index is 10.2. The average Bonchev–Trinajstić information content (AvgIpc) is 2.26. The number of hydrogen-bond acceptors (Lipinski definition) is 3. The number of hydrogen-bond donors (Lipinski definition) is 0. The third-order valence-corrected chi connectivity index (χ3v) is 2.34. The Hall–Kier alpha value is -1.84. The van der Waals surface area contributed by atoms with Crippen molar-refractivity contribution in [2.45, 2.75) is 12.8 Å². The van der Waals surface area contributed by atoms with Crippen LogP contribution in [0.15, 0.2) is 24.4 Å². The summed E-state index contributed by atoms with van der Waals surface area (Å²) in [5.74, 6) is 0.793. The van der Waals surface area contributed by atoms with Gasteiger partial charge in [0, 0.05) is 11.6 Å². The minimum Gasteiger partial charge on any atom is -0.493 e. The molecule has 0 aliphatic carbocycles. The fraction of sp³-hybridized carbons (Fsp3) is 0.273. The molecule has 0 spiro atoms. The molecule has 1 aromatic rings. The normalized spacial score (nSPS) is 14.7. The topological polar surface area (TPSA) is 52.4 Å². The third kappa shape index (κ3) is 2.15. The Bertz CT molecular complexity index is 412. The Balaban J connectivity index is 2.35. The lowest BCUT2D eigenvalue weighted by Crippen LogP contribution is -2.09. The predicted octanol–water partition coefficient (Wildman–Crippen LogP) is 2.26. The molecule has 0 N–H and O–H groups in total. The molecule has 1 aromatic carbocycles. The van der Waals surface area contributed by atoms with Gasteiger partial charge >= 0.3 is 0 Å². The maximum atomic E-state index is 10.2. The highest BCUT2D eigenvalue weighted by molar-refractivity contribution is 5.59. The van der Waals surface area contributed by atoms with E-state index in [4.69, 9.17) is 4.74 Å². The van der Waals surface area contributed by atoms with E-state index in [0.717, 1.165) is 35.9 Å². The van der Waals surface area contributed by atoms with Gasteiger partial charge in [-0.2, -0.15) is 0 Å². The van der Waals surface area contributed by atoms with Crippen molar-refractivity contribution in [3.63, 3.8) is 0 Å². The zero-order chi connectivity index (χ0) is 10.7. The van der Waals surface area contributed by atoms with Crippen molar-refractivity contribution in [2.75, 3.05) is 6.61 Å². The van der Waals surface area contributed by atoms with Gasteiger partial charge in [-0.25, -0.2) is 0 Å². The molecule has 0 aromatic heterocycles. The number of para-hydroxylation sites is 1. The molecule has 0 unspecified atom stereocenters. The van der Waals surface area contributed by atoms with E-state index in [-0.39, 0.29) is 0 Å². The second kappa shape index (κ2) is 4.13. The number of aryl methyl sites for hydroxylation is 1. The molecule has 0 fully saturated rings. The number of nitro groups is 1. The van der Waals surface area contributed by atoms with Gasteiger partial charge in [-0.3, -0.25) is 10.1 Å². The molecule has 4 nitrogen and oxygen atoms in total. The van der Waals surface area contributed by atoms with Crippen molar-refractivity contribution in [3.8, 4) is 5.75 Å². The summed E-state index contributed by atoms with van der Waals surface area (Å²) in [5, 5.41) is 10.2. The fourth-order valence-electron chi connectivity index (χ4n) is 1.69. The summed E-state index contributed by atoms with van der Waals surface area (Å²) in [6, 6.07) is 5.72. The number of fused-ring (bicyclic) bond motifs is 1. The minimum atomic E-state index is -0.470. The van der Waals surface area contributed by atoms with Crippen molar-refractivity contribution < 1.29 is 9.66 Å². The highest BCUT2D eigenvalue weighted by Crippen LogP contribution is 2.29.